The van der Waals surface area contributed by atoms with E-state index in [2.05, 4.69) is 5.10 Å². The number of amides is 1. The van der Waals surface area contributed by atoms with E-state index in [-0.39, 0.29) is 12.0 Å². The molecule has 1 amide bonds. The lowest BCUT2D eigenvalue weighted by molar-refractivity contribution is 0.0546. The molecular weight excluding hydrogens is 266 g/mol. The van der Waals surface area contributed by atoms with Crippen molar-refractivity contribution in [2.45, 2.75) is 25.9 Å². The second-order valence-electron chi connectivity index (χ2n) is 5.43. The van der Waals surface area contributed by atoms with Crippen LogP contribution in [0.1, 0.15) is 28.9 Å². The first kappa shape index (κ1) is 13.8. The molecule has 5 nitrogen and oxygen atoms in total. The van der Waals surface area contributed by atoms with Gasteiger partial charge in [-0.1, -0.05) is 18.2 Å². The largest absolute Gasteiger partial charge is 0.393 e. The molecule has 1 aliphatic rings. The summed E-state index contributed by atoms with van der Waals surface area (Å²) in [5.74, 6) is 0.00146. The molecule has 0 saturated carbocycles. The highest BCUT2D eigenvalue weighted by Crippen LogP contribution is 2.17. The van der Waals surface area contributed by atoms with Gasteiger partial charge in [0.15, 0.2) is 0 Å². The number of rotatable bonds is 2. The van der Waals surface area contributed by atoms with E-state index in [1.807, 2.05) is 37.3 Å². The van der Waals surface area contributed by atoms with E-state index in [0.29, 0.717) is 31.5 Å². The van der Waals surface area contributed by atoms with Gasteiger partial charge < -0.3 is 10.0 Å². The average molecular weight is 285 g/mol. The number of carbonyl (C=O) groups is 1. The number of piperidine rings is 1. The summed E-state index contributed by atoms with van der Waals surface area (Å²) in [7, 11) is 0. The van der Waals surface area contributed by atoms with E-state index in [1.165, 1.54) is 0 Å². The fourth-order valence-corrected chi connectivity index (χ4v) is 2.62. The van der Waals surface area contributed by atoms with E-state index in [1.54, 1.807) is 15.8 Å². The minimum atomic E-state index is -0.276. The molecule has 0 bridgehead atoms. The molecule has 1 saturated heterocycles. The SMILES string of the molecule is Cc1nn(-c2ccccc2)cc1C(=O)N1CCC(O)CC1. The summed E-state index contributed by atoms with van der Waals surface area (Å²) in [6.45, 7) is 3.07. The molecule has 110 valence electrons. The highest BCUT2D eigenvalue weighted by Gasteiger charge is 2.24. The predicted octanol–water partition coefficient (Wildman–Crippen LogP) is 1.78. The second-order valence-corrected chi connectivity index (χ2v) is 5.43. The Balaban J connectivity index is 1.83. The summed E-state index contributed by atoms with van der Waals surface area (Å²) in [6.07, 6.45) is 2.81. The lowest BCUT2D eigenvalue weighted by Gasteiger charge is -2.29. The van der Waals surface area contributed by atoms with Crippen molar-refractivity contribution >= 4 is 5.91 Å². The van der Waals surface area contributed by atoms with Crippen molar-refractivity contribution in [3.63, 3.8) is 0 Å². The van der Waals surface area contributed by atoms with Crippen LogP contribution in [0.5, 0.6) is 0 Å². The Morgan fingerprint density at radius 3 is 2.57 bits per heavy atom. The molecule has 1 aromatic carbocycles. The van der Waals surface area contributed by atoms with Crippen molar-refractivity contribution in [3.8, 4) is 5.69 Å². The van der Waals surface area contributed by atoms with Gasteiger partial charge >= 0.3 is 0 Å². The molecule has 1 fully saturated rings. The number of para-hydroxylation sites is 1. The van der Waals surface area contributed by atoms with Crippen LogP contribution >= 0.6 is 0 Å². The van der Waals surface area contributed by atoms with Crippen molar-refractivity contribution in [1.82, 2.24) is 14.7 Å². The van der Waals surface area contributed by atoms with Crippen LogP contribution in [0.15, 0.2) is 36.5 Å². The van der Waals surface area contributed by atoms with Gasteiger partial charge in [-0.05, 0) is 31.9 Å². The summed E-state index contributed by atoms with van der Waals surface area (Å²) in [4.78, 5) is 14.4. The van der Waals surface area contributed by atoms with Gasteiger partial charge in [0.2, 0.25) is 0 Å². The van der Waals surface area contributed by atoms with Crippen molar-refractivity contribution in [2.24, 2.45) is 0 Å². The van der Waals surface area contributed by atoms with Gasteiger partial charge in [0, 0.05) is 19.3 Å². The van der Waals surface area contributed by atoms with E-state index >= 15 is 0 Å². The first-order valence-electron chi connectivity index (χ1n) is 7.24. The summed E-state index contributed by atoms with van der Waals surface area (Å²) in [5.41, 5.74) is 2.30. The number of hydrogen-bond donors (Lipinski definition) is 1. The summed E-state index contributed by atoms with van der Waals surface area (Å²) in [5, 5.41) is 14.0. The maximum atomic E-state index is 12.6. The summed E-state index contributed by atoms with van der Waals surface area (Å²) >= 11 is 0. The predicted molar refractivity (Wildman–Crippen MR) is 79.4 cm³/mol. The highest BCUT2D eigenvalue weighted by molar-refractivity contribution is 5.95. The van der Waals surface area contributed by atoms with Crippen LogP contribution in [-0.2, 0) is 0 Å². The molecule has 5 heteroatoms. The Morgan fingerprint density at radius 1 is 1.24 bits per heavy atom. The average Bonchev–Trinajstić information content (AvgIpc) is 2.90. The third kappa shape index (κ3) is 2.83. The van der Waals surface area contributed by atoms with Crippen molar-refractivity contribution in [2.75, 3.05) is 13.1 Å². The number of carbonyl (C=O) groups excluding carboxylic acids is 1. The molecular formula is C16H19N3O2. The number of aryl methyl sites for hydroxylation is 1. The van der Waals surface area contributed by atoms with Crippen LogP contribution in [0, 0.1) is 6.92 Å². The number of aliphatic hydroxyl groups is 1. The molecule has 1 N–H and O–H groups in total. The number of benzene rings is 1. The van der Waals surface area contributed by atoms with Gasteiger partial charge in [-0.15, -0.1) is 0 Å². The topological polar surface area (TPSA) is 58.4 Å². The number of nitrogens with zero attached hydrogens (tertiary/aromatic N) is 3. The third-order valence-corrected chi connectivity index (χ3v) is 3.90. The first-order valence-corrected chi connectivity index (χ1v) is 7.24. The van der Waals surface area contributed by atoms with Crippen LogP contribution < -0.4 is 0 Å². The van der Waals surface area contributed by atoms with Gasteiger partial charge in [0.25, 0.3) is 5.91 Å². The van der Waals surface area contributed by atoms with E-state index in [4.69, 9.17) is 0 Å². The molecule has 0 atom stereocenters. The van der Waals surface area contributed by atoms with Gasteiger partial charge in [-0.25, -0.2) is 4.68 Å². The highest BCUT2D eigenvalue weighted by atomic mass is 16.3. The lowest BCUT2D eigenvalue weighted by atomic mass is 10.1. The van der Waals surface area contributed by atoms with E-state index in [9.17, 15) is 9.90 Å². The molecule has 0 spiro atoms. The maximum Gasteiger partial charge on any atom is 0.257 e. The van der Waals surface area contributed by atoms with Gasteiger partial charge in [-0.3, -0.25) is 4.79 Å². The zero-order chi connectivity index (χ0) is 14.8. The standard InChI is InChI=1S/C16H19N3O2/c1-12-15(16(21)18-9-7-14(20)8-10-18)11-19(17-12)13-5-3-2-4-6-13/h2-6,11,14,20H,7-10H2,1H3. The Labute approximate surface area is 123 Å². The molecule has 0 unspecified atom stereocenters. The Kier molecular flexibility index (Phi) is 3.75. The monoisotopic (exact) mass is 285 g/mol. The normalized spacial score (nSPS) is 16.2. The van der Waals surface area contributed by atoms with Crippen molar-refractivity contribution in [1.29, 1.82) is 0 Å². The van der Waals surface area contributed by atoms with Gasteiger partial charge in [0.05, 0.1) is 23.0 Å². The Bertz CT molecular complexity index is 628. The van der Waals surface area contributed by atoms with Crippen LogP contribution in [0.2, 0.25) is 0 Å². The Morgan fingerprint density at radius 2 is 1.90 bits per heavy atom. The summed E-state index contributed by atoms with van der Waals surface area (Å²) in [6, 6.07) is 9.75. The Hall–Kier alpha value is -2.14. The minimum Gasteiger partial charge on any atom is -0.393 e. The molecule has 3 rings (SSSR count). The number of aromatic nitrogens is 2. The zero-order valence-electron chi connectivity index (χ0n) is 12.1. The van der Waals surface area contributed by atoms with Crippen molar-refractivity contribution < 1.29 is 9.90 Å². The molecule has 1 aromatic heterocycles. The smallest absolute Gasteiger partial charge is 0.257 e. The molecule has 2 heterocycles. The van der Waals surface area contributed by atoms with Crippen LogP contribution in [0.25, 0.3) is 5.69 Å². The quantitative estimate of drug-likeness (QED) is 0.915. The summed E-state index contributed by atoms with van der Waals surface area (Å²) < 4.78 is 1.74. The fraction of sp³-hybridized carbons (Fsp3) is 0.375. The van der Waals surface area contributed by atoms with Gasteiger partial charge in [0.1, 0.15) is 0 Å². The number of likely N-dealkylation sites (tertiary alicyclic amines) is 1. The van der Waals surface area contributed by atoms with E-state index < -0.39 is 0 Å². The van der Waals surface area contributed by atoms with Crippen LogP contribution in [0.3, 0.4) is 0 Å². The number of hydrogen-bond acceptors (Lipinski definition) is 3. The first-order chi connectivity index (χ1) is 10.1. The van der Waals surface area contributed by atoms with E-state index in [0.717, 1.165) is 11.4 Å². The maximum absolute atomic E-state index is 12.6. The zero-order valence-corrected chi connectivity index (χ0v) is 12.1. The lowest BCUT2D eigenvalue weighted by Crippen LogP contribution is -2.40. The molecule has 0 radical (unpaired) electrons. The van der Waals surface area contributed by atoms with Gasteiger partial charge in [-0.2, -0.15) is 5.10 Å². The van der Waals surface area contributed by atoms with Crippen LogP contribution in [0.4, 0.5) is 0 Å². The van der Waals surface area contributed by atoms with Crippen molar-refractivity contribution in [3.05, 3.63) is 47.8 Å². The molecule has 21 heavy (non-hydrogen) atoms. The minimum absolute atomic E-state index is 0.00146. The molecule has 2 aromatic rings. The number of aliphatic hydroxyl groups excluding tert-OH is 1. The molecule has 0 aliphatic carbocycles. The van der Waals surface area contributed by atoms with Crippen LogP contribution in [-0.4, -0.2) is 44.9 Å². The third-order valence-electron chi connectivity index (χ3n) is 3.90. The second kappa shape index (κ2) is 5.69. The fourth-order valence-electron chi connectivity index (χ4n) is 2.62. The molecule has 1 aliphatic heterocycles.